The highest BCUT2D eigenvalue weighted by atomic mass is 15.3. The van der Waals surface area contributed by atoms with Gasteiger partial charge in [-0.05, 0) is 85.7 Å². The fraction of sp³-hybridized carbons (Fsp3) is 0.200. The topological polar surface area (TPSA) is 81.4 Å². The number of nitrogens with one attached hydrogen (secondary N) is 4. The van der Waals surface area contributed by atoms with Crippen molar-refractivity contribution in [1.82, 2.24) is 30.8 Å². The van der Waals surface area contributed by atoms with Gasteiger partial charge in [0.25, 0.3) is 0 Å². The minimum absolute atomic E-state index is 0.915. The summed E-state index contributed by atoms with van der Waals surface area (Å²) in [7, 11) is 0. The molecule has 6 rings (SSSR count). The van der Waals surface area contributed by atoms with E-state index in [0.717, 1.165) is 57.9 Å². The number of aromatic nitrogens is 4. The Labute approximate surface area is 181 Å². The molecule has 0 aromatic carbocycles. The number of nitrogens with zero attached hydrogens (tertiary/aromatic N) is 2. The van der Waals surface area contributed by atoms with Crippen LogP contribution in [0.1, 0.15) is 42.0 Å². The molecule has 6 heterocycles. The molecule has 8 bridgehead atoms. The summed E-state index contributed by atoms with van der Waals surface area (Å²) in [6.07, 6.45) is 12.1. The predicted octanol–water partition coefficient (Wildman–Crippen LogP) is 4.92. The molecule has 0 aliphatic carbocycles. The average Bonchev–Trinajstić information content (AvgIpc) is 3.53. The van der Waals surface area contributed by atoms with Crippen LogP contribution >= 0.6 is 0 Å². The molecule has 0 spiro atoms. The van der Waals surface area contributed by atoms with Crippen molar-refractivity contribution in [2.24, 2.45) is 0 Å². The van der Waals surface area contributed by atoms with Crippen LogP contribution < -0.4 is 10.9 Å². The van der Waals surface area contributed by atoms with Crippen molar-refractivity contribution in [2.75, 3.05) is 13.1 Å². The maximum atomic E-state index is 4.62. The third-order valence-electron chi connectivity index (χ3n) is 5.27. The van der Waals surface area contributed by atoms with Gasteiger partial charge in [0.05, 0.1) is 22.8 Å². The zero-order valence-corrected chi connectivity index (χ0v) is 17.4. The van der Waals surface area contributed by atoms with Gasteiger partial charge in [-0.1, -0.05) is 6.42 Å². The Balaban J connectivity index is 0.000000250. The van der Waals surface area contributed by atoms with Gasteiger partial charge in [-0.25, -0.2) is 9.97 Å². The van der Waals surface area contributed by atoms with Crippen LogP contribution in [0.15, 0.2) is 48.5 Å². The van der Waals surface area contributed by atoms with Crippen molar-refractivity contribution in [2.45, 2.75) is 19.3 Å². The molecule has 0 amide bonds. The van der Waals surface area contributed by atoms with Crippen LogP contribution in [-0.4, -0.2) is 33.0 Å². The molecule has 0 atom stereocenters. The summed E-state index contributed by atoms with van der Waals surface area (Å²) in [5, 5.41) is 0. The van der Waals surface area contributed by atoms with Gasteiger partial charge in [0.15, 0.2) is 0 Å². The number of rotatable bonds is 0. The quantitative estimate of drug-likeness (QED) is 0.292. The van der Waals surface area contributed by atoms with E-state index in [-0.39, 0.29) is 0 Å². The molecule has 0 saturated carbocycles. The smallest absolute Gasteiger partial charge is 0.0659 e. The second kappa shape index (κ2) is 9.12. The van der Waals surface area contributed by atoms with Crippen molar-refractivity contribution < 1.29 is 0 Å². The van der Waals surface area contributed by atoms with E-state index in [1.165, 1.54) is 19.3 Å². The molecule has 156 valence electrons. The van der Waals surface area contributed by atoms with Crippen molar-refractivity contribution in [3.63, 3.8) is 0 Å². The number of hydrazine groups is 1. The third kappa shape index (κ3) is 5.17. The van der Waals surface area contributed by atoms with E-state index in [1.807, 2.05) is 42.5 Å². The fourth-order valence-electron chi connectivity index (χ4n) is 3.72. The van der Waals surface area contributed by atoms with Crippen molar-refractivity contribution in [1.29, 1.82) is 0 Å². The Hall–Kier alpha value is -3.48. The molecule has 3 aliphatic rings. The van der Waals surface area contributed by atoms with Crippen LogP contribution in [0.3, 0.4) is 0 Å². The molecule has 1 saturated heterocycles. The van der Waals surface area contributed by atoms with Crippen LogP contribution in [0.2, 0.25) is 0 Å². The lowest BCUT2D eigenvalue weighted by atomic mass is 10.2. The Kier molecular flexibility index (Phi) is 5.73. The first kappa shape index (κ1) is 19.5. The highest BCUT2D eigenvalue weighted by Gasteiger charge is 2.02. The maximum Gasteiger partial charge on any atom is 0.0659 e. The summed E-state index contributed by atoms with van der Waals surface area (Å²) in [4.78, 5) is 16.0. The molecular formula is C25H26N6. The molecule has 0 radical (unpaired) electrons. The normalized spacial score (nSPS) is 15.2. The SMILES string of the molecule is C1=Cc2cc3ccc(cc4ccc(cc5nc(cc1n2)C=C5)[nH]4)[nH]3.C1CCNNCC1. The van der Waals surface area contributed by atoms with Gasteiger partial charge < -0.3 is 9.97 Å². The van der Waals surface area contributed by atoms with Gasteiger partial charge in [0.2, 0.25) is 0 Å². The molecule has 6 heteroatoms. The monoisotopic (exact) mass is 410 g/mol. The first-order valence-corrected chi connectivity index (χ1v) is 10.8. The Morgan fingerprint density at radius 1 is 0.484 bits per heavy atom. The van der Waals surface area contributed by atoms with Gasteiger partial charge in [0, 0.05) is 35.2 Å². The molecule has 0 unspecified atom stereocenters. The lowest BCUT2D eigenvalue weighted by molar-refractivity contribution is 0.573. The Morgan fingerprint density at radius 3 is 1.39 bits per heavy atom. The largest absolute Gasteiger partial charge is 0.355 e. The summed E-state index contributed by atoms with van der Waals surface area (Å²) in [6, 6.07) is 16.4. The van der Waals surface area contributed by atoms with Gasteiger partial charge in [-0.2, -0.15) is 0 Å². The Morgan fingerprint density at radius 2 is 0.903 bits per heavy atom. The van der Waals surface area contributed by atoms with Crippen molar-refractivity contribution >= 4 is 46.4 Å². The molecular weight excluding hydrogens is 384 g/mol. The fourth-order valence-corrected chi connectivity index (χ4v) is 3.72. The van der Waals surface area contributed by atoms with Crippen LogP contribution in [-0.2, 0) is 0 Å². The van der Waals surface area contributed by atoms with Crippen LogP contribution in [0.25, 0.3) is 46.4 Å². The van der Waals surface area contributed by atoms with Gasteiger partial charge in [-0.15, -0.1) is 0 Å². The molecule has 3 aromatic rings. The van der Waals surface area contributed by atoms with E-state index in [9.17, 15) is 0 Å². The van der Waals surface area contributed by atoms with Crippen LogP contribution in [0.4, 0.5) is 0 Å². The lowest BCUT2D eigenvalue weighted by Gasteiger charge is -1.95. The molecule has 6 nitrogen and oxygen atoms in total. The van der Waals surface area contributed by atoms with E-state index in [2.05, 4.69) is 61.1 Å². The first-order chi connectivity index (χ1) is 15.3. The van der Waals surface area contributed by atoms with Gasteiger partial charge in [-0.3, -0.25) is 10.9 Å². The molecule has 3 aromatic heterocycles. The van der Waals surface area contributed by atoms with Gasteiger partial charge in [0.1, 0.15) is 0 Å². The molecule has 31 heavy (non-hydrogen) atoms. The highest BCUT2D eigenvalue weighted by Crippen LogP contribution is 2.17. The van der Waals surface area contributed by atoms with E-state index >= 15 is 0 Å². The molecule has 4 N–H and O–H groups in total. The van der Waals surface area contributed by atoms with Crippen molar-refractivity contribution in [3.8, 4) is 0 Å². The minimum Gasteiger partial charge on any atom is -0.355 e. The van der Waals surface area contributed by atoms with Gasteiger partial charge >= 0.3 is 0 Å². The van der Waals surface area contributed by atoms with E-state index in [1.54, 1.807) is 0 Å². The lowest BCUT2D eigenvalue weighted by Crippen LogP contribution is -2.30. The summed E-state index contributed by atoms with van der Waals surface area (Å²) in [6.45, 7) is 2.28. The predicted molar refractivity (Wildman–Crippen MR) is 129 cm³/mol. The van der Waals surface area contributed by atoms with Crippen LogP contribution in [0, 0.1) is 0 Å². The summed E-state index contributed by atoms with van der Waals surface area (Å²) >= 11 is 0. The number of fused-ring (bicyclic) bond motifs is 8. The summed E-state index contributed by atoms with van der Waals surface area (Å²) in [5.74, 6) is 0. The van der Waals surface area contributed by atoms with E-state index in [4.69, 9.17) is 0 Å². The molecule has 3 aliphatic heterocycles. The Bertz CT molecular complexity index is 1170. The first-order valence-electron chi connectivity index (χ1n) is 10.8. The standard InChI is InChI=1S/C20H14N4.C5H12N2/c1-2-14-10-16-5-6-18(23-16)12-20-8-7-19(24-20)11-17-4-3-15(22-17)9-13(1)21-14;1-2-4-6-7-5-3-1/h1-12,21-22H;6-7H,1-5H2. The number of aromatic amines is 2. The number of hydrogen-bond acceptors (Lipinski definition) is 4. The maximum absolute atomic E-state index is 4.62. The van der Waals surface area contributed by atoms with Crippen molar-refractivity contribution in [3.05, 3.63) is 71.3 Å². The van der Waals surface area contributed by atoms with E-state index < -0.39 is 0 Å². The minimum atomic E-state index is 0.915. The third-order valence-corrected chi connectivity index (χ3v) is 5.27. The zero-order chi connectivity index (χ0) is 20.9. The number of H-pyrrole nitrogens is 2. The summed E-state index contributed by atoms with van der Waals surface area (Å²) < 4.78 is 0. The highest BCUT2D eigenvalue weighted by molar-refractivity contribution is 5.77. The van der Waals surface area contributed by atoms with Crippen LogP contribution in [0.5, 0.6) is 0 Å². The molecule has 1 fully saturated rings. The zero-order valence-electron chi connectivity index (χ0n) is 17.4. The van der Waals surface area contributed by atoms with E-state index in [0.29, 0.717) is 0 Å². The summed E-state index contributed by atoms with van der Waals surface area (Å²) in [5.41, 5.74) is 14.1. The number of hydrogen-bond donors (Lipinski definition) is 4. The second-order valence-corrected chi connectivity index (χ2v) is 7.82. The second-order valence-electron chi connectivity index (χ2n) is 7.82. The average molecular weight is 411 g/mol.